The van der Waals surface area contributed by atoms with E-state index in [1.165, 1.54) is 7.11 Å². The molecule has 2 fully saturated rings. The molecule has 4 nitrogen and oxygen atoms in total. The number of esters is 1. The quantitative estimate of drug-likeness (QED) is 0.581. The highest BCUT2D eigenvalue weighted by molar-refractivity contribution is 8.01. The Morgan fingerprint density at radius 2 is 2.38 bits per heavy atom. The van der Waals surface area contributed by atoms with E-state index in [0.717, 1.165) is 18.8 Å². The molecule has 0 aromatic rings. The minimum atomic E-state index is -0.140. The van der Waals surface area contributed by atoms with Crippen molar-refractivity contribution in [2.24, 2.45) is 0 Å². The lowest BCUT2D eigenvalue weighted by atomic mass is 10.1. The van der Waals surface area contributed by atoms with Crippen LogP contribution in [0.4, 0.5) is 0 Å². The van der Waals surface area contributed by atoms with Crippen molar-refractivity contribution < 1.29 is 9.53 Å². The summed E-state index contributed by atoms with van der Waals surface area (Å²) in [6, 6.07) is -0.108. The summed E-state index contributed by atoms with van der Waals surface area (Å²) in [6.45, 7) is 2.04. The Labute approximate surface area is 82.0 Å². The number of carbonyl (C=O) groups is 1. The van der Waals surface area contributed by atoms with Crippen LogP contribution in [0, 0.1) is 0 Å². The van der Waals surface area contributed by atoms with Gasteiger partial charge in [0.1, 0.15) is 6.04 Å². The Morgan fingerprint density at radius 3 is 2.92 bits per heavy atom. The predicted octanol–water partition coefficient (Wildman–Crippen LogP) is -0.494. The molecule has 0 saturated carbocycles. The molecular weight excluding hydrogens is 188 g/mol. The van der Waals surface area contributed by atoms with E-state index in [1.54, 1.807) is 0 Å². The number of likely N-dealkylation sites (tertiary alicyclic amines) is 1. The van der Waals surface area contributed by atoms with Crippen LogP contribution in [0.1, 0.15) is 0 Å². The van der Waals surface area contributed by atoms with Gasteiger partial charge in [0.2, 0.25) is 0 Å². The van der Waals surface area contributed by atoms with Gasteiger partial charge in [-0.05, 0) is 7.05 Å². The fraction of sp³-hybridized carbons (Fsp3) is 0.875. The number of hydrogen-bond donors (Lipinski definition) is 1. The van der Waals surface area contributed by atoms with Gasteiger partial charge >= 0.3 is 5.97 Å². The molecule has 1 spiro atoms. The van der Waals surface area contributed by atoms with E-state index < -0.39 is 0 Å². The molecule has 1 atom stereocenters. The lowest BCUT2D eigenvalue weighted by Gasteiger charge is -2.45. The van der Waals surface area contributed by atoms with Crippen LogP contribution in [-0.2, 0) is 9.53 Å². The van der Waals surface area contributed by atoms with E-state index in [9.17, 15) is 4.79 Å². The second-order valence-electron chi connectivity index (χ2n) is 3.70. The minimum absolute atomic E-state index is 0.108. The second-order valence-corrected chi connectivity index (χ2v) is 5.10. The highest BCUT2D eigenvalue weighted by Crippen LogP contribution is 2.37. The molecule has 2 heterocycles. The van der Waals surface area contributed by atoms with Crippen LogP contribution in [0.15, 0.2) is 0 Å². The van der Waals surface area contributed by atoms with Crippen molar-refractivity contribution in [1.82, 2.24) is 10.2 Å². The molecule has 1 N–H and O–H groups in total. The zero-order chi connectivity index (χ0) is 9.47. The van der Waals surface area contributed by atoms with Crippen LogP contribution in [0.3, 0.4) is 0 Å². The molecule has 74 valence electrons. The van der Waals surface area contributed by atoms with E-state index >= 15 is 0 Å². The SMILES string of the molecule is COC(=O)[C@@H]1CSC2(CN(C)C2)N1. The third-order valence-corrected chi connectivity index (χ3v) is 3.93. The van der Waals surface area contributed by atoms with Crippen LogP contribution in [0.25, 0.3) is 0 Å². The average molecular weight is 202 g/mol. The van der Waals surface area contributed by atoms with Crippen molar-refractivity contribution in [2.45, 2.75) is 10.9 Å². The highest BCUT2D eigenvalue weighted by atomic mass is 32.2. The van der Waals surface area contributed by atoms with Crippen molar-refractivity contribution in [3.05, 3.63) is 0 Å². The molecule has 2 rings (SSSR count). The lowest BCUT2D eigenvalue weighted by molar-refractivity contribution is -0.142. The normalized spacial score (nSPS) is 31.7. The van der Waals surface area contributed by atoms with Crippen LogP contribution in [0.2, 0.25) is 0 Å². The van der Waals surface area contributed by atoms with Gasteiger partial charge in [0, 0.05) is 18.8 Å². The topological polar surface area (TPSA) is 41.6 Å². The number of nitrogens with zero attached hydrogens (tertiary/aromatic N) is 1. The maximum atomic E-state index is 11.2. The van der Waals surface area contributed by atoms with Crippen LogP contribution >= 0.6 is 11.8 Å². The third kappa shape index (κ3) is 1.56. The fourth-order valence-electron chi connectivity index (χ4n) is 1.92. The number of carbonyl (C=O) groups excluding carboxylic acids is 1. The first kappa shape index (κ1) is 9.30. The molecule has 2 saturated heterocycles. The maximum Gasteiger partial charge on any atom is 0.323 e. The van der Waals surface area contributed by atoms with Gasteiger partial charge in [-0.2, -0.15) is 0 Å². The zero-order valence-electron chi connectivity index (χ0n) is 7.87. The molecule has 0 unspecified atom stereocenters. The summed E-state index contributed by atoms with van der Waals surface area (Å²) < 4.78 is 4.69. The summed E-state index contributed by atoms with van der Waals surface area (Å²) in [7, 11) is 3.52. The minimum Gasteiger partial charge on any atom is -0.468 e. The van der Waals surface area contributed by atoms with E-state index in [0.29, 0.717) is 0 Å². The Kier molecular flexibility index (Phi) is 2.25. The Hall–Kier alpha value is -0.260. The first-order valence-electron chi connectivity index (χ1n) is 4.33. The highest BCUT2D eigenvalue weighted by Gasteiger charge is 2.49. The number of nitrogens with one attached hydrogen (secondary N) is 1. The monoisotopic (exact) mass is 202 g/mol. The molecule has 0 aliphatic carbocycles. The molecule has 0 radical (unpaired) electrons. The van der Waals surface area contributed by atoms with Crippen LogP contribution in [0.5, 0.6) is 0 Å². The average Bonchev–Trinajstić information content (AvgIpc) is 2.47. The smallest absolute Gasteiger partial charge is 0.323 e. The van der Waals surface area contributed by atoms with Crippen molar-refractivity contribution in [1.29, 1.82) is 0 Å². The second kappa shape index (κ2) is 3.15. The molecule has 0 aromatic heterocycles. The third-order valence-electron chi connectivity index (χ3n) is 2.50. The Morgan fingerprint density at radius 1 is 1.69 bits per heavy atom. The number of thioether (sulfide) groups is 1. The molecule has 2 aliphatic heterocycles. The van der Waals surface area contributed by atoms with E-state index in [1.807, 2.05) is 11.8 Å². The predicted molar refractivity (Wildman–Crippen MR) is 51.6 cm³/mol. The first-order valence-corrected chi connectivity index (χ1v) is 5.32. The number of methoxy groups -OCH3 is 1. The van der Waals surface area contributed by atoms with Gasteiger partial charge in [-0.1, -0.05) is 0 Å². The van der Waals surface area contributed by atoms with Gasteiger partial charge < -0.3 is 9.64 Å². The van der Waals surface area contributed by atoms with Gasteiger partial charge in [0.05, 0.1) is 12.0 Å². The number of rotatable bonds is 1. The van der Waals surface area contributed by atoms with Crippen molar-refractivity contribution in [3.63, 3.8) is 0 Å². The first-order chi connectivity index (χ1) is 6.15. The van der Waals surface area contributed by atoms with Crippen molar-refractivity contribution in [2.75, 3.05) is 33.0 Å². The van der Waals surface area contributed by atoms with Gasteiger partial charge in [-0.3, -0.25) is 10.1 Å². The zero-order valence-corrected chi connectivity index (χ0v) is 8.69. The summed E-state index contributed by atoms with van der Waals surface area (Å²) in [5.41, 5.74) is 0. The molecule has 0 bridgehead atoms. The van der Waals surface area contributed by atoms with Gasteiger partial charge in [0.15, 0.2) is 0 Å². The van der Waals surface area contributed by atoms with Gasteiger partial charge in [0.25, 0.3) is 0 Å². The summed E-state index contributed by atoms with van der Waals surface area (Å²) in [4.78, 5) is 13.6. The van der Waals surface area contributed by atoms with Gasteiger partial charge in [-0.25, -0.2) is 0 Å². The largest absolute Gasteiger partial charge is 0.468 e. The number of hydrogen-bond acceptors (Lipinski definition) is 5. The number of ether oxygens (including phenoxy) is 1. The van der Waals surface area contributed by atoms with E-state index in [-0.39, 0.29) is 16.9 Å². The molecule has 5 heteroatoms. The number of likely N-dealkylation sites (N-methyl/N-ethyl adjacent to an activating group) is 1. The summed E-state index contributed by atoms with van der Waals surface area (Å²) in [5, 5.41) is 3.33. The van der Waals surface area contributed by atoms with Crippen molar-refractivity contribution in [3.8, 4) is 0 Å². The molecule has 0 amide bonds. The van der Waals surface area contributed by atoms with E-state index in [4.69, 9.17) is 4.74 Å². The maximum absolute atomic E-state index is 11.2. The Bertz CT molecular complexity index is 228. The molecular formula is C8H14N2O2S. The molecule has 2 aliphatic rings. The fourth-order valence-corrected chi connectivity index (χ4v) is 3.48. The van der Waals surface area contributed by atoms with Crippen LogP contribution in [-0.4, -0.2) is 54.8 Å². The molecule has 0 aromatic carbocycles. The van der Waals surface area contributed by atoms with Crippen LogP contribution < -0.4 is 5.32 Å². The van der Waals surface area contributed by atoms with Crippen molar-refractivity contribution >= 4 is 17.7 Å². The molecule has 13 heavy (non-hydrogen) atoms. The van der Waals surface area contributed by atoms with Gasteiger partial charge in [-0.15, -0.1) is 11.8 Å². The lowest BCUT2D eigenvalue weighted by Crippen LogP contribution is -2.65. The Balaban J connectivity index is 1.91. The summed E-state index contributed by atoms with van der Waals surface area (Å²) in [5.74, 6) is 0.694. The standard InChI is InChI=1S/C8H14N2O2S/c1-10-4-8(5-10)9-6(3-13-8)7(11)12-2/h6,9H,3-5H2,1-2H3/t6-/m0/s1. The van der Waals surface area contributed by atoms with E-state index in [2.05, 4.69) is 17.3 Å². The summed E-state index contributed by atoms with van der Waals surface area (Å²) in [6.07, 6.45) is 0. The summed E-state index contributed by atoms with van der Waals surface area (Å²) >= 11 is 1.83.